The maximum Gasteiger partial charge on any atom is 0.419 e. The Morgan fingerprint density at radius 3 is 2.58 bits per heavy atom. The number of rotatable bonds is 2. The molecule has 0 unspecified atom stereocenters. The molecule has 1 aromatic carbocycles. The van der Waals surface area contributed by atoms with E-state index in [0.29, 0.717) is 6.07 Å². The van der Waals surface area contributed by atoms with Crippen molar-refractivity contribution in [3.05, 3.63) is 35.3 Å². The van der Waals surface area contributed by atoms with Crippen LogP contribution < -0.4 is 0 Å². The number of hydrogen-bond donors (Lipinski definition) is 1. The number of fused-ring (bicyclic) bond motifs is 1. The number of carbonyl (C=O) groups is 1. The molecule has 0 spiro atoms. The van der Waals surface area contributed by atoms with E-state index in [-0.39, 0.29) is 23.2 Å². The largest absolute Gasteiger partial charge is 0.461 e. The summed E-state index contributed by atoms with van der Waals surface area (Å²) in [5, 5.41) is 0.175. The van der Waals surface area contributed by atoms with Crippen molar-refractivity contribution < 1.29 is 27.1 Å². The van der Waals surface area contributed by atoms with Crippen molar-refractivity contribution in [1.82, 2.24) is 4.98 Å². The van der Waals surface area contributed by atoms with Crippen LogP contribution in [0.1, 0.15) is 23.0 Å². The minimum Gasteiger partial charge on any atom is -0.461 e. The quantitative estimate of drug-likeness (QED) is 0.673. The van der Waals surface area contributed by atoms with Crippen LogP contribution in [0, 0.1) is 5.82 Å². The first-order valence-electron chi connectivity index (χ1n) is 5.39. The van der Waals surface area contributed by atoms with E-state index in [2.05, 4.69) is 4.98 Å². The van der Waals surface area contributed by atoms with Gasteiger partial charge in [0, 0.05) is 10.9 Å². The summed E-state index contributed by atoms with van der Waals surface area (Å²) in [7, 11) is 0. The predicted molar refractivity (Wildman–Crippen MR) is 59.2 cm³/mol. The Kier molecular flexibility index (Phi) is 3.21. The minimum atomic E-state index is -4.78. The number of aromatic amines is 1. The molecule has 0 radical (unpaired) electrons. The summed E-state index contributed by atoms with van der Waals surface area (Å²) in [6, 6.07) is 2.61. The second-order valence-electron chi connectivity index (χ2n) is 3.82. The number of esters is 1. The highest BCUT2D eigenvalue weighted by Gasteiger charge is 2.34. The first-order valence-corrected chi connectivity index (χ1v) is 5.39. The number of aromatic nitrogens is 1. The van der Waals surface area contributed by atoms with Crippen molar-refractivity contribution in [3.63, 3.8) is 0 Å². The molecule has 0 saturated heterocycles. The maximum atomic E-state index is 13.3. The summed E-state index contributed by atoms with van der Waals surface area (Å²) in [4.78, 5) is 13.9. The van der Waals surface area contributed by atoms with Crippen LogP contribution in [-0.2, 0) is 10.9 Å². The summed E-state index contributed by atoms with van der Waals surface area (Å²) in [6.45, 7) is 1.73. The lowest BCUT2D eigenvalue weighted by Crippen LogP contribution is -2.07. The molecule has 1 heterocycles. The second-order valence-corrected chi connectivity index (χ2v) is 3.82. The fraction of sp³-hybridized carbons (Fsp3) is 0.250. The summed E-state index contributed by atoms with van der Waals surface area (Å²) >= 11 is 0. The molecule has 2 rings (SSSR count). The number of alkyl halides is 3. The first kappa shape index (κ1) is 13.4. The fourth-order valence-corrected chi connectivity index (χ4v) is 1.69. The van der Waals surface area contributed by atoms with Gasteiger partial charge in [-0.25, -0.2) is 9.18 Å². The van der Waals surface area contributed by atoms with Crippen molar-refractivity contribution in [3.8, 4) is 0 Å². The van der Waals surface area contributed by atoms with E-state index in [0.717, 1.165) is 6.07 Å². The van der Waals surface area contributed by atoms with E-state index in [1.807, 2.05) is 0 Å². The monoisotopic (exact) mass is 275 g/mol. The molecular weight excluding hydrogens is 266 g/mol. The zero-order chi connectivity index (χ0) is 14.2. The fourth-order valence-electron chi connectivity index (χ4n) is 1.69. The molecule has 102 valence electrons. The Hall–Kier alpha value is -2.05. The molecular formula is C12H9F4NO2. The Labute approximate surface area is 105 Å². The number of ether oxygens (including phenoxy) is 1. The van der Waals surface area contributed by atoms with Gasteiger partial charge in [0.25, 0.3) is 0 Å². The van der Waals surface area contributed by atoms with Crippen molar-refractivity contribution in [2.24, 2.45) is 0 Å². The van der Waals surface area contributed by atoms with Crippen LogP contribution in [0.2, 0.25) is 0 Å². The van der Waals surface area contributed by atoms with E-state index in [4.69, 9.17) is 4.74 Å². The van der Waals surface area contributed by atoms with E-state index < -0.39 is 23.5 Å². The third kappa shape index (κ3) is 2.54. The maximum absolute atomic E-state index is 13.3. The third-order valence-corrected chi connectivity index (χ3v) is 2.51. The molecule has 0 fully saturated rings. The van der Waals surface area contributed by atoms with Crippen LogP contribution >= 0.6 is 0 Å². The van der Waals surface area contributed by atoms with Crippen LogP contribution in [0.5, 0.6) is 0 Å². The lowest BCUT2D eigenvalue weighted by atomic mass is 10.1. The lowest BCUT2D eigenvalue weighted by Gasteiger charge is -2.07. The highest BCUT2D eigenvalue weighted by Crippen LogP contribution is 2.33. The van der Waals surface area contributed by atoms with Gasteiger partial charge in [-0.3, -0.25) is 0 Å². The smallest absolute Gasteiger partial charge is 0.419 e. The van der Waals surface area contributed by atoms with Gasteiger partial charge in [-0.2, -0.15) is 13.2 Å². The molecule has 19 heavy (non-hydrogen) atoms. The lowest BCUT2D eigenvalue weighted by molar-refractivity contribution is -0.139. The van der Waals surface area contributed by atoms with E-state index in [9.17, 15) is 22.4 Å². The van der Waals surface area contributed by atoms with Gasteiger partial charge in [0.1, 0.15) is 11.5 Å². The van der Waals surface area contributed by atoms with Gasteiger partial charge in [0.2, 0.25) is 0 Å². The van der Waals surface area contributed by atoms with Gasteiger partial charge < -0.3 is 9.72 Å². The Balaban J connectivity index is 2.52. The molecule has 1 N–H and O–H groups in total. The number of H-pyrrole nitrogens is 1. The van der Waals surface area contributed by atoms with Crippen molar-refractivity contribution in [2.75, 3.05) is 6.61 Å². The zero-order valence-corrected chi connectivity index (χ0v) is 9.77. The molecule has 0 aliphatic rings. The van der Waals surface area contributed by atoms with Crippen molar-refractivity contribution >= 4 is 16.9 Å². The van der Waals surface area contributed by atoms with Gasteiger partial charge in [0.05, 0.1) is 12.2 Å². The predicted octanol–water partition coefficient (Wildman–Crippen LogP) is 3.50. The second kappa shape index (κ2) is 4.56. The number of benzene rings is 1. The van der Waals surface area contributed by atoms with Gasteiger partial charge in [-0.1, -0.05) is 0 Å². The van der Waals surface area contributed by atoms with E-state index >= 15 is 0 Å². The molecule has 0 aliphatic carbocycles. The number of carbonyl (C=O) groups excluding carboxylic acids is 1. The van der Waals surface area contributed by atoms with Gasteiger partial charge in [0.15, 0.2) is 0 Å². The molecule has 0 aliphatic heterocycles. The summed E-state index contributed by atoms with van der Waals surface area (Å²) in [6.07, 6.45) is -4.78. The molecule has 7 heteroatoms. The highest BCUT2D eigenvalue weighted by atomic mass is 19.4. The van der Waals surface area contributed by atoms with E-state index in [1.165, 1.54) is 6.07 Å². The standard InChI is InChI=1S/C12H9F4NO2/c1-2-19-11(18)10-4-6-3-8(13)7(12(14,15)16)5-9(6)17-10/h3-5,17H,2H2,1H3. The number of hydrogen-bond acceptors (Lipinski definition) is 2. The van der Waals surface area contributed by atoms with Crippen LogP contribution in [0.3, 0.4) is 0 Å². The van der Waals surface area contributed by atoms with Gasteiger partial charge >= 0.3 is 12.1 Å². The van der Waals surface area contributed by atoms with Crippen molar-refractivity contribution in [1.29, 1.82) is 0 Å². The summed E-state index contributed by atoms with van der Waals surface area (Å²) in [5.74, 6) is -2.08. The minimum absolute atomic E-state index is 0.0180. The molecule has 0 bridgehead atoms. The summed E-state index contributed by atoms with van der Waals surface area (Å²) in [5.41, 5.74) is -1.37. The Morgan fingerprint density at radius 1 is 1.32 bits per heavy atom. The molecule has 0 amide bonds. The van der Waals surface area contributed by atoms with Gasteiger partial charge in [-0.05, 0) is 25.1 Å². The van der Waals surface area contributed by atoms with Crippen LogP contribution in [0.15, 0.2) is 18.2 Å². The average molecular weight is 275 g/mol. The molecule has 2 aromatic rings. The number of nitrogens with one attached hydrogen (secondary N) is 1. The van der Waals surface area contributed by atoms with Crippen molar-refractivity contribution in [2.45, 2.75) is 13.1 Å². The zero-order valence-electron chi connectivity index (χ0n) is 9.77. The van der Waals surface area contributed by atoms with Gasteiger partial charge in [-0.15, -0.1) is 0 Å². The summed E-state index contributed by atoms with van der Waals surface area (Å²) < 4.78 is 55.6. The number of halogens is 4. The average Bonchev–Trinajstić information content (AvgIpc) is 2.69. The molecule has 3 nitrogen and oxygen atoms in total. The van der Waals surface area contributed by atoms with Crippen LogP contribution in [0.4, 0.5) is 17.6 Å². The normalized spacial score (nSPS) is 11.8. The SMILES string of the molecule is CCOC(=O)c1cc2cc(F)c(C(F)(F)F)cc2[nH]1. The Bertz CT molecular complexity index is 630. The first-order chi connectivity index (χ1) is 8.82. The van der Waals surface area contributed by atoms with Crippen LogP contribution in [0.25, 0.3) is 10.9 Å². The molecule has 0 atom stereocenters. The third-order valence-electron chi connectivity index (χ3n) is 2.51. The van der Waals surface area contributed by atoms with E-state index in [1.54, 1.807) is 6.92 Å². The highest BCUT2D eigenvalue weighted by molar-refractivity contribution is 5.95. The van der Waals surface area contributed by atoms with Crippen LogP contribution in [-0.4, -0.2) is 17.6 Å². The topological polar surface area (TPSA) is 42.1 Å². The Morgan fingerprint density at radius 2 is 2.00 bits per heavy atom. The molecule has 1 aromatic heterocycles. The molecule has 0 saturated carbocycles.